The van der Waals surface area contributed by atoms with Crippen LogP contribution in [-0.4, -0.2) is 19.3 Å². The summed E-state index contributed by atoms with van der Waals surface area (Å²) in [4.78, 5) is 13.5. The highest BCUT2D eigenvalue weighted by Crippen LogP contribution is 2.23. The van der Waals surface area contributed by atoms with Crippen LogP contribution in [0.1, 0.15) is 109 Å². The van der Waals surface area contributed by atoms with Gasteiger partial charge in [-0.05, 0) is 19.0 Å². The van der Waals surface area contributed by atoms with Crippen molar-refractivity contribution in [1.29, 1.82) is 0 Å². The summed E-state index contributed by atoms with van der Waals surface area (Å²) in [7, 11) is 0. The van der Waals surface area contributed by atoms with Gasteiger partial charge in [0.15, 0.2) is 0 Å². The average molecular weight is 423 g/mol. The van der Waals surface area contributed by atoms with Gasteiger partial charge in [-0.1, -0.05) is 103 Å². The number of unbranched alkanes of at least 4 members (excludes halogenated alkanes) is 16. The molecule has 0 atom stereocenters. The third-order valence-electron chi connectivity index (χ3n) is 4.95. The highest BCUT2D eigenvalue weighted by Gasteiger charge is 2.19. The van der Waals surface area contributed by atoms with Crippen LogP contribution in [0.15, 0.2) is 4.99 Å². The molecule has 2 nitrogen and oxygen atoms in total. The van der Waals surface area contributed by atoms with Gasteiger partial charge in [-0.25, -0.2) is 9.79 Å². The molecule has 0 aromatic heterocycles. The number of hydrogen-bond donors (Lipinski definition) is 0. The minimum atomic E-state index is -1.84. The van der Waals surface area contributed by atoms with Crippen molar-refractivity contribution in [3.05, 3.63) is 0 Å². The van der Waals surface area contributed by atoms with Crippen LogP contribution in [0, 0.1) is 0 Å². The topological polar surface area (TPSA) is 29.4 Å². The maximum absolute atomic E-state index is 9.92. The summed E-state index contributed by atoms with van der Waals surface area (Å²) in [5.74, 6) is 0. The summed E-state index contributed by atoms with van der Waals surface area (Å²) < 4.78 is 0. The molecule has 0 aromatic rings. The standard InChI is InChI=1S/C21H41Cl2NOSi/c1-26(22,23)20-18-16-14-12-10-8-6-4-2-3-5-7-9-11-13-15-17-19-24-21-25/h2-20H2,1H3. The molecule has 0 fully saturated rings. The highest BCUT2D eigenvalue weighted by molar-refractivity contribution is 7.44. The Labute approximate surface area is 172 Å². The van der Waals surface area contributed by atoms with E-state index in [9.17, 15) is 4.79 Å². The van der Waals surface area contributed by atoms with Gasteiger partial charge in [0, 0.05) is 0 Å². The number of aliphatic imine (C=N–C) groups is 1. The van der Waals surface area contributed by atoms with Gasteiger partial charge in [0.25, 0.3) is 0 Å². The van der Waals surface area contributed by atoms with E-state index in [1.807, 2.05) is 6.55 Å². The number of isocyanates is 1. The molecule has 0 saturated heterocycles. The summed E-state index contributed by atoms with van der Waals surface area (Å²) >= 11 is 12.2. The maximum atomic E-state index is 9.92. The van der Waals surface area contributed by atoms with E-state index in [2.05, 4.69) is 4.99 Å². The number of carbonyl (C=O) groups excluding carboxylic acids is 1. The lowest BCUT2D eigenvalue weighted by Gasteiger charge is -2.09. The fourth-order valence-electron chi connectivity index (χ4n) is 3.32. The lowest BCUT2D eigenvalue weighted by molar-refractivity contribution is 0.527. The first-order valence-corrected chi connectivity index (χ1v) is 15.7. The molecule has 0 saturated carbocycles. The molecule has 26 heavy (non-hydrogen) atoms. The van der Waals surface area contributed by atoms with Crippen LogP contribution in [0.25, 0.3) is 0 Å². The van der Waals surface area contributed by atoms with E-state index >= 15 is 0 Å². The number of nitrogens with zero attached hydrogens (tertiary/aromatic N) is 1. The number of hydrogen-bond acceptors (Lipinski definition) is 2. The van der Waals surface area contributed by atoms with Crippen LogP contribution in [0.2, 0.25) is 12.6 Å². The average Bonchev–Trinajstić information content (AvgIpc) is 2.59. The molecule has 0 bridgehead atoms. The minimum Gasteiger partial charge on any atom is -0.211 e. The van der Waals surface area contributed by atoms with E-state index in [1.165, 1.54) is 103 Å². The zero-order valence-electron chi connectivity index (χ0n) is 17.0. The van der Waals surface area contributed by atoms with Crippen molar-refractivity contribution in [2.45, 2.75) is 122 Å². The van der Waals surface area contributed by atoms with Crippen LogP contribution in [0.5, 0.6) is 0 Å². The van der Waals surface area contributed by atoms with E-state index in [4.69, 9.17) is 22.2 Å². The van der Waals surface area contributed by atoms with Crippen molar-refractivity contribution in [3.8, 4) is 0 Å². The molecule has 0 unspecified atom stereocenters. The Morgan fingerprint density at radius 1 is 0.615 bits per heavy atom. The van der Waals surface area contributed by atoms with Gasteiger partial charge >= 0.3 is 0 Å². The molecular formula is C21H41Cl2NOSi. The summed E-state index contributed by atoms with van der Waals surface area (Å²) in [5.41, 5.74) is 0. The van der Waals surface area contributed by atoms with Gasteiger partial charge < -0.3 is 0 Å². The molecule has 0 aromatic carbocycles. The molecule has 0 spiro atoms. The minimum absolute atomic E-state index is 0.659. The molecule has 0 radical (unpaired) electrons. The summed E-state index contributed by atoms with van der Waals surface area (Å²) in [6, 6.07) is 1.05. The van der Waals surface area contributed by atoms with E-state index < -0.39 is 6.69 Å². The smallest absolute Gasteiger partial charge is 0.211 e. The van der Waals surface area contributed by atoms with Crippen LogP contribution in [-0.2, 0) is 4.79 Å². The van der Waals surface area contributed by atoms with Gasteiger partial charge in [0.2, 0.25) is 12.8 Å². The van der Waals surface area contributed by atoms with Crippen LogP contribution >= 0.6 is 22.2 Å². The Hall–Kier alpha value is 0.177. The fourth-order valence-corrected chi connectivity index (χ4v) is 5.00. The lowest BCUT2D eigenvalue weighted by atomic mass is 10.0. The predicted molar refractivity (Wildman–Crippen MR) is 120 cm³/mol. The Balaban J connectivity index is 3.04. The molecule has 0 aliphatic heterocycles. The van der Waals surface area contributed by atoms with Crippen LogP contribution in [0.4, 0.5) is 0 Å². The van der Waals surface area contributed by atoms with E-state index in [-0.39, 0.29) is 0 Å². The van der Waals surface area contributed by atoms with Crippen LogP contribution < -0.4 is 0 Å². The van der Waals surface area contributed by atoms with Crippen molar-refractivity contribution >= 4 is 34.9 Å². The van der Waals surface area contributed by atoms with Crippen LogP contribution in [0.3, 0.4) is 0 Å². The SMILES string of the molecule is C[Si](Cl)(Cl)CCCCCCCCCCCCCCCCCCCN=C=O. The van der Waals surface area contributed by atoms with E-state index in [0.717, 1.165) is 12.5 Å². The van der Waals surface area contributed by atoms with Gasteiger partial charge in [0.05, 0.1) is 6.54 Å². The lowest BCUT2D eigenvalue weighted by Crippen LogP contribution is -2.11. The summed E-state index contributed by atoms with van der Waals surface area (Å²) in [6.45, 7) is 0.838. The molecule has 0 amide bonds. The van der Waals surface area contributed by atoms with E-state index in [1.54, 1.807) is 6.08 Å². The third kappa shape index (κ3) is 24.2. The molecule has 0 aliphatic rings. The first-order chi connectivity index (χ1) is 12.6. The van der Waals surface area contributed by atoms with Gasteiger partial charge in [0.1, 0.15) is 0 Å². The first-order valence-electron chi connectivity index (χ1n) is 11.0. The quantitative estimate of drug-likeness (QED) is 0.0635. The first kappa shape index (κ1) is 26.2. The van der Waals surface area contributed by atoms with Gasteiger partial charge in [-0.2, -0.15) is 0 Å². The molecular weight excluding hydrogens is 381 g/mol. The van der Waals surface area contributed by atoms with E-state index in [0.29, 0.717) is 6.54 Å². The predicted octanol–water partition coefficient (Wildman–Crippen LogP) is 8.50. The second-order valence-electron chi connectivity index (χ2n) is 7.80. The van der Waals surface area contributed by atoms with Gasteiger partial charge in [-0.3, -0.25) is 0 Å². The second-order valence-corrected chi connectivity index (χ2v) is 16.0. The van der Waals surface area contributed by atoms with Crippen molar-refractivity contribution in [2.24, 2.45) is 4.99 Å². The summed E-state index contributed by atoms with van der Waals surface area (Å²) in [6.07, 6.45) is 24.3. The van der Waals surface area contributed by atoms with Crippen molar-refractivity contribution in [1.82, 2.24) is 0 Å². The fraction of sp³-hybridized carbons (Fsp3) is 0.952. The zero-order chi connectivity index (χ0) is 19.3. The van der Waals surface area contributed by atoms with Crippen molar-refractivity contribution < 1.29 is 4.79 Å². The Kier molecular flexibility index (Phi) is 20.1. The second kappa shape index (κ2) is 19.9. The summed E-state index contributed by atoms with van der Waals surface area (Å²) in [5, 5.41) is 0. The highest BCUT2D eigenvalue weighted by atomic mass is 35.7. The Morgan fingerprint density at radius 2 is 0.923 bits per heavy atom. The zero-order valence-corrected chi connectivity index (χ0v) is 19.6. The normalized spacial score (nSPS) is 11.5. The molecule has 0 heterocycles. The molecule has 0 rings (SSSR count). The number of rotatable bonds is 20. The third-order valence-corrected chi connectivity index (χ3v) is 7.32. The molecule has 0 aliphatic carbocycles. The van der Waals surface area contributed by atoms with Gasteiger partial charge in [-0.15, -0.1) is 22.2 Å². The number of halogens is 2. The van der Waals surface area contributed by atoms with Crippen molar-refractivity contribution in [2.75, 3.05) is 6.54 Å². The monoisotopic (exact) mass is 421 g/mol. The Morgan fingerprint density at radius 3 is 1.23 bits per heavy atom. The van der Waals surface area contributed by atoms with Crippen molar-refractivity contribution in [3.63, 3.8) is 0 Å². The largest absolute Gasteiger partial charge is 0.248 e. The molecule has 154 valence electrons. The molecule has 5 heteroatoms. The molecule has 0 N–H and O–H groups in total. The Bertz CT molecular complexity index is 341. The maximum Gasteiger partial charge on any atom is 0.248 e.